The summed E-state index contributed by atoms with van der Waals surface area (Å²) in [6.07, 6.45) is 0.274. The van der Waals surface area contributed by atoms with Gasteiger partial charge in [0.15, 0.2) is 0 Å². The molecule has 3 heteroatoms. The van der Waals surface area contributed by atoms with Gasteiger partial charge in [-0.25, -0.2) is 0 Å². The lowest BCUT2D eigenvalue weighted by molar-refractivity contribution is -0.151. The van der Waals surface area contributed by atoms with Crippen LogP contribution in [-0.4, -0.2) is 46.9 Å². The summed E-state index contributed by atoms with van der Waals surface area (Å²) in [5.41, 5.74) is 0.575. The van der Waals surface area contributed by atoms with Crippen LogP contribution in [0, 0.1) is 5.41 Å². The number of rotatable bonds is 0. The molecule has 0 spiro atoms. The molecule has 17 heavy (non-hydrogen) atoms. The second-order valence-corrected chi connectivity index (χ2v) is 7.94. The van der Waals surface area contributed by atoms with Crippen molar-refractivity contribution in [1.29, 1.82) is 0 Å². The first-order chi connectivity index (χ1) is 7.54. The normalized spacial score (nSPS) is 33.7. The molecule has 1 atom stereocenters. The van der Waals surface area contributed by atoms with E-state index in [0.717, 1.165) is 19.8 Å². The van der Waals surface area contributed by atoms with Gasteiger partial charge in [-0.3, -0.25) is 9.80 Å². The summed E-state index contributed by atoms with van der Waals surface area (Å²) in [4.78, 5) is 5.10. The Bertz CT molecular complexity index is 304. The number of nitrogens with zero attached hydrogens (tertiary/aromatic N) is 2. The van der Waals surface area contributed by atoms with E-state index in [1.165, 1.54) is 0 Å². The van der Waals surface area contributed by atoms with Crippen LogP contribution in [0.3, 0.4) is 0 Å². The molecule has 0 aromatic carbocycles. The van der Waals surface area contributed by atoms with Crippen molar-refractivity contribution in [2.75, 3.05) is 19.8 Å². The Morgan fingerprint density at radius 1 is 1.12 bits per heavy atom. The first kappa shape index (κ1) is 13.3. The molecule has 0 radical (unpaired) electrons. The van der Waals surface area contributed by atoms with Crippen LogP contribution in [0.25, 0.3) is 0 Å². The molecule has 1 unspecified atom stereocenters. The van der Waals surface area contributed by atoms with Crippen molar-refractivity contribution in [3.63, 3.8) is 0 Å². The number of hydrogen-bond acceptors (Lipinski definition) is 3. The van der Waals surface area contributed by atoms with Gasteiger partial charge in [-0.2, -0.15) is 0 Å². The van der Waals surface area contributed by atoms with Gasteiger partial charge in [-0.15, -0.1) is 0 Å². The Balaban J connectivity index is 2.27. The van der Waals surface area contributed by atoms with Crippen molar-refractivity contribution in [3.8, 4) is 0 Å². The first-order valence-electron chi connectivity index (χ1n) is 6.67. The molecular weight excluding hydrogens is 212 g/mol. The summed E-state index contributed by atoms with van der Waals surface area (Å²) >= 11 is 0. The highest BCUT2D eigenvalue weighted by Gasteiger charge is 2.52. The molecule has 2 fully saturated rings. The molecule has 2 rings (SSSR count). The van der Waals surface area contributed by atoms with Gasteiger partial charge < -0.3 is 4.74 Å². The topological polar surface area (TPSA) is 15.7 Å². The minimum absolute atomic E-state index is 0.159. The molecule has 0 bridgehead atoms. The van der Waals surface area contributed by atoms with E-state index in [1.807, 2.05) is 0 Å². The predicted octanol–water partition coefficient (Wildman–Crippen LogP) is 2.52. The Morgan fingerprint density at radius 2 is 1.71 bits per heavy atom. The number of fused-ring (bicyclic) bond motifs is 1. The Labute approximate surface area is 106 Å². The summed E-state index contributed by atoms with van der Waals surface area (Å²) in [5, 5.41) is 0. The van der Waals surface area contributed by atoms with Crippen LogP contribution in [0.2, 0.25) is 0 Å². The van der Waals surface area contributed by atoms with E-state index in [9.17, 15) is 0 Å². The Hall–Kier alpha value is -0.120. The fraction of sp³-hybridized carbons (Fsp3) is 1.00. The van der Waals surface area contributed by atoms with Gasteiger partial charge >= 0.3 is 0 Å². The first-order valence-corrected chi connectivity index (χ1v) is 6.67. The minimum Gasteiger partial charge on any atom is -0.361 e. The van der Waals surface area contributed by atoms with Crippen LogP contribution in [-0.2, 0) is 4.74 Å². The Morgan fingerprint density at radius 3 is 2.24 bits per heavy atom. The van der Waals surface area contributed by atoms with Gasteiger partial charge in [-0.1, -0.05) is 13.8 Å². The van der Waals surface area contributed by atoms with Crippen LogP contribution in [0.4, 0.5) is 0 Å². The molecular formula is C14H28N2O. The average molecular weight is 240 g/mol. The monoisotopic (exact) mass is 240 g/mol. The third-order valence-electron chi connectivity index (χ3n) is 4.19. The van der Waals surface area contributed by atoms with Crippen LogP contribution < -0.4 is 0 Å². The quantitative estimate of drug-likeness (QED) is 0.647. The summed E-state index contributed by atoms with van der Waals surface area (Å²) in [6.45, 7) is 19.1. The number of ether oxygens (including phenoxy) is 1. The molecule has 2 saturated heterocycles. The molecule has 0 aromatic rings. The van der Waals surface area contributed by atoms with Gasteiger partial charge in [0, 0.05) is 23.0 Å². The predicted molar refractivity (Wildman–Crippen MR) is 70.8 cm³/mol. The van der Waals surface area contributed by atoms with E-state index in [2.05, 4.69) is 58.3 Å². The second-order valence-electron chi connectivity index (χ2n) is 7.94. The van der Waals surface area contributed by atoms with Gasteiger partial charge in [0.25, 0.3) is 0 Å². The summed E-state index contributed by atoms with van der Waals surface area (Å²) in [7, 11) is 0. The highest BCUT2D eigenvalue weighted by molar-refractivity contribution is 5.00. The molecule has 2 aliphatic rings. The van der Waals surface area contributed by atoms with Gasteiger partial charge in [-0.05, 0) is 34.6 Å². The van der Waals surface area contributed by atoms with Crippen molar-refractivity contribution in [2.24, 2.45) is 5.41 Å². The second kappa shape index (κ2) is 3.69. The fourth-order valence-electron chi connectivity index (χ4n) is 2.94. The van der Waals surface area contributed by atoms with Crippen molar-refractivity contribution in [3.05, 3.63) is 0 Å². The Kier molecular flexibility index (Phi) is 2.89. The summed E-state index contributed by atoms with van der Waals surface area (Å²) < 4.78 is 6.05. The van der Waals surface area contributed by atoms with Crippen LogP contribution in [0.5, 0.6) is 0 Å². The van der Waals surface area contributed by atoms with Crippen LogP contribution >= 0.6 is 0 Å². The zero-order chi connectivity index (χ0) is 13.1. The standard InChI is InChI=1S/C14H28N2O/c1-12(2,3)15-8-13(4,5)11-16(10-15)14(6,7)9-17-11/h11H,8-10H2,1-7H3. The van der Waals surface area contributed by atoms with Crippen molar-refractivity contribution >= 4 is 0 Å². The molecule has 0 aliphatic carbocycles. The minimum atomic E-state index is 0.159. The zero-order valence-corrected chi connectivity index (χ0v) is 12.5. The van der Waals surface area contributed by atoms with E-state index in [-0.39, 0.29) is 22.7 Å². The molecule has 3 nitrogen and oxygen atoms in total. The maximum atomic E-state index is 6.05. The lowest BCUT2D eigenvalue weighted by atomic mass is 9.85. The third-order valence-corrected chi connectivity index (χ3v) is 4.19. The SMILES string of the molecule is CC1(C)CN(C(C)(C)C)CN2C1OCC2(C)C. The maximum Gasteiger partial charge on any atom is 0.118 e. The van der Waals surface area contributed by atoms with Crippen LogP contribution in [0.1, 0.15) is 48.5 Å². The number of hydrogen-bond donors (Lipinski definition) is 0. The lowest BCUT2D eigenvalue weighted by Crippen LogP contribution is -2.65. The highest BCUT2D eigenvalue weighted by atomic mass is 16.5. The molecule has 0 N–H and O–H groups in total. The van der Waals surface area contributed by atoms with Gasteiger partial charge in [0.1, 0.15) is 6.23 Å². The van der Waals surface area contributed by atoms with E-state index in [1.54, 1.807) is 0 Å². The van der Waals surface area contributed by atoms with Crippen molar-refractivity contribution in [2.45, 2.75) is 65.8 Å². The van der Waals surface area contributed by atoms with Crippen molar-refractivity contribution < 1.29 is 4.74 Å². The van der Waals surface area contributed by atoms with Crippen LogP contribution in [0.15, 0.2) is 0 Å². The molecule has 0 amide bonds. The van der Waals surface area contributed by atoms with E-state index >= 15 is 0 Å². The average Bonchev–Trinajstić information content (AvgIpc) is 2.40. The van der Waals surface area contributed by atoms with Gasteiger partial charge in [0.05, 0.1) is 13.3 Å². The molecule has 2 aliphatic heterocycles. The fourth-order valence-corrected chi connectivity index (χ4v) is 2.94. The van der Waals surface area contributed by atoms with Crippen molar-refractivity contribution in [1.82, 2.24) is 9.80 Å². The molecule has 2 heterocycles. The molecule has 0 saturated carbocycles. The summed E-state index contributed by atoms with van der Waals surface area (Å²) in [6, 6.07) is 0. The smallest absolute Gasteiger partial charge is 0.118 e. The van der Waals surface area contributed by atoms with E-state index < -0.39 is 0 Å². The maximum absolute atomic E-state index is 6.05. The summed E-state index contributed by atoms with van der Waals surface area (Å²) in [5.74, 6) is 0. The zero-order valence-electron chi connectivity index (χ0n) is 12.5. The third kappa shape index (κ3) is 2.25. The largest absolute Gasteiger partial charge is 0.361 e. The van der Waals surface area contributed by atoms with E-state index in [4.69, 9.17) is 4.74 Å². The highest BCUT2D eigenvalue weighted by Crippen LogP contribution is 2.42. The van der Waals surface area contributed by atoms with Gasteiger partial charge in [0.2, 0.25) is 0 Å². The molecule has 100 valence electrons. The molecule has 0 aromatic heterocycles. The van der Waals surface area contributed by atoms with E-state index in [0.29, 0.717) is 0 Å². The lowest BCUT2D eigenvalue weighted by Gasteiger charge is -2.53.